The van der Waals surface area contributed by atoms with Crippen LogP contribution in [0.3, 0.4) is 0 Å². The van der Waals surface area contributed by atoms with Gasteiger partial charge in [0.2, 0.25) is 0 Å². The highest BCUT2D eigenvalue weighted by Gasteiger charge is 2.15. The minimum absolute atomic E-state index is 0.0412. The van der Waals surface area contributed by atoms with Gasteiger partial charge in [-0.2, -0.15) is 0 Å². The molecular weight excluding hydrogens is 244 g/mol. The van der Waals surface area contributed by atoms with Crippen LogP contribution in [0, 0.1) is 6.92 Å². The van der Waals surface area contributed by atoms with Crippen molar-refractivity contribution < 1.29 is 14.7 Å². The Kier molecular flexibility index (Phi) is 5.36. The summed E-state index contributed by atoms with van der Waals surface area (Å²) in [5, 5.41) is 8.60. The third-order valence-electron chi connectivity index (χ3n) is 2.98. The number of hydrogen-bond acceptors (Lipinski definition) is 2. The highest BCUT2D eigenvalue weighted by Crippen LogP contribution is 2.10. The molecule has 0 aromatic heterocycles. The van der Waals surface area contributed by atoms with E-state index in [1.165, 1.54) is 4.90 Å². The van der Waals surface area contributed by atoms with Crippen LogP contribution in [0.25, 0.3) is 0 Å². The van der Waals surface area contributed by atoms with Crippen LogP contribution >= 0.6 is 0 Å². The van der Waals surface area contributed by atoms with Crippen LogP contribution in [0.5, 0.6) is 0 Å². The lowest BCUT2D eigenvalue weighted by Gasteiger charge is -2.25. The standard InChI is InChI=1S/C14H20N2O3/c1-11-6-4-5-7-12(11)10-16(3)14(19)15(2)9-8-13(17)18/h4-7H,8-10H2,1-3H3,(H,17,18). The lowest BCUT2D eigenvalue weighted by molar-refractivity contribution is -0.137. The average molecular weight is 264 g/mol. The molecule has 0 saturated carbocycles. The average Bonchev–Trinajstić information content (AvgIpc) is 2.37. The molecular formula is C14H20N2O3. The molecule has 0 aliphatic heterocycles. The first-order valence-corrected chi connectivity index (χ1v) is 6.14. The summed E-state index contributed by atoms with van der Waals surface area (Å²) in [6.45, 7) is 2.73. The second-order valence-electron chi connectivity index (χ2n) is 4.63. The van der Waals surface area contributed by atoms with E-state index in [2.05, 4.69) is 0 Å². The minimum atomic E-state index is -0.902. The molecule has 5 nitrogen and oxygen atoms in total. The molecule has 1 N–H and O–H groups in total. The molecule has 104 valence electrons. The summed E-state index contributed by atoms with van der Waals surface area (Å²) in [5.74, 6) is -0.902. The van der Waals surface area contributed by atoms with E-state index in [1.807, 2.05) is 31.2 Å². The Balaban J connectivity index is 2.57. The van der Waals surface area contributed by atoms with Crippen LogP contribution < -0.4 is 0 Å². The maximum atomic E-state index is 12.0. The molecule has 0 fully saturated rings. The van der Waals surface area contributed by atoms with Gasteiger partial charge in [-0.25, -0.2) is 4.79 Å². The van der Waals surface area contributed by atoms with Crippen molar-refractivity contribution in [3.63, 3.8) is 0 Å². The van der Waals surface area contributed by atoms with Gasteiger partial charge in [-0.1, -0.05) is 24.3 Å². The fourth-order valence-electron chi connectivity index (χ4n) is 1.76. The normalized spacial score (nSPS) is 10.1. The van der Waals surface area contributed by atoms with Gasteiger partial charge in [0.05, 0.1) is 6.42 Å². The Labute approximate surface area is 113 Å². The molecule has 0 aliphatic rings. The predicted octanol–water partition coefficient (Wildman–Crippen LogP) is 1.95. The molecule has 0 atom stereocenters. The summed E-state index contributed by atoms with van der Waals surface area (Å²) >= 11 is 0. The van der Waals surface area contributed by atoms with Crippen LogP contribution in [0.15, 0.2) is 24.3 Å². The first-order chi connectivity index (χ1) is 8.91. The largest absolute Gasteiger partial charge is 0.481 e. The van der Waals surface area contributed by atoms with Crippen LogP contribution in [0.4, 0.5) is 4.79 Å². The van der Waals surface area contributed by atoms with Gasteiger partial charge in [-0.3, -0.25) is 4.79 Å². The Morgan fingerprint density at radius 1 is 1.16 bits per heavy atom. The number of carbonyl (C=O) groups excluding carboxylic acids is 1. The van der Waals surface area contributed by atoms with Crippen LogP contribution in [0.1, 0.15) is 17.5 Å². The first kappa shape index (κ1) is 15.0. The van der Waals surface area contributed by atoms with Gasteiger partial charge < -0.3 is 14.9 Å². The van der Waals surface area contributed by atoms with Gasteiger partial charge in [0, 0.05) is 27.2 Å². The van der Waals surface area contributed by atoms with E-state index < -0.39 is 5.97 Å². The zero-order valence-corrected chi connectivity index (χ0v) is 11.6. The summed E-state index contributed by atoms with van der Waals surface area (Å²) in [4.78, 5) is 25.5. The third-order valence-corrected chi connectivity index (χ3v) is 2.98. The summed E-state index contributed by atoms with van der Waals surface area (Å²) in [6.07, 6.45) is -0.0412. The monoisotopic (exact) mass is 264 g/mol. The zero-order valence-electron chi connectivity index (χ0n) is 11.6. The van der Waals surface area contributed by atoms with Gasteiger partial charge in [0.25, 0.3) is 0 Å². The fourth-order valence-corrected chi connectivity index (χ4v) is 1.76. The van der Waals surface area contributed by atoms with E-state index in [-0.39, 0.29) is 19.0 Å². The highest BCUT2D eigenvalue weighted by atomic mass is 16.4. The maximum Gasteiger partial charge on any atom is 0.319 e. The van der Waals surface area contributed by atoms with Crippen molar-refractivity contribution in [2.45, 2.75) is 19.9 Å². The van der Waals surface area contributed by atoms with Gasteiger partial charge in [-0.15, -0.1) is 0 Å². The van der Waals surface area contributed by atoms with Crippen LogP contribution in [-0.2, 0) is 11.3 Å². The molecule has 0 aliphatic carbocycles. The molecule has 5 heteroatoms. The second-order valence-corrected chi connectivity index (χ2v) is 4.63. The molecule has 0 bridgehead atoms. The number of aliphatic carboxylic acids is 1. The number of carboxylic acids is 1. The Hall–Kier alpha value is -2.04. The van der Waals surface area contributed by atoms with Crippen molar-refractivity contribution in [1.29, 1.82) is 0 Å². The molecule has 2 amide bonds. The predicted molar refractivity (Wildman–Crippen MR) is 72.9 cm³/mol. The van der Waals surface area contributed by atoms with E-state index in [0.29, 0.717) is 6.54 Å². The summed E-state index contributed by atoms with van der Waals surface area (Å²) in [5.41, 5.74) is 2.22. The maximum absolute atomic E-state index is 12.0. The molecule has 0 spiro atoms. The molecule has 1 aromatic carbocycles. The van der Waals surface area contributed by atoms with Gasteiger partial charge >= 0.3 is 12.0 Å². The van der Waals surface area contributed by atoms with E-state index >= 15 is 0 Å². The molecule has 0 heterocycles. The van der Waals surface area contributed by atoms with E-state index in [0.717, 1.165) is 11.1 Å². The summed E-state index contributed by atoms with van der Waals surface area (Å²) in [6, 6.07) is 7.71. The first-order valence-electron chi connectivity index (χ1n) is 6.14. The molecule has 19 heavy (non-hydrogen) atoms. The topological polar surface area (TPSA) is 60.9 Å². The number of amides is 2. The molecule has 1 rings (SSSR count). The van der Waals surface area contributed by atoms with Crippen molar-refractivity contribution in [2.75, 3.05) is 20.6 Å². The Morgan fingerprint density at radius 2 is 1.79 bits per heavy atom. The second kappa shape index (κ2) is 6.78. The molecule has 0 unspecified atom stereocenters. The number of carboxylic acid groups (broad SMARTS) is 1. The van der Waals surface area contributed by atoms with Crippen molar-refractivity contribution in [2.24, 2.45) is 0 Å². The zero-order chi connectivity index (χ0) is 14.4. The Bertz CT molecular complexity index is 460. The lowest BCUT2D eigenvalue weighted by atomic mass is 10.1. The lowest BCUT2D eigenvalue weighted by Crippen LogP contribution is -2.39. The smallest absolute Gasteiger partial charge is 0.319 e. The van der Waals surface area contributed by atoms with Gasteiger partial charge in [0.15, 0.2) is 0 Å². The third kappa shape index (κ3) is 4.62. The van der Waals surface area contributed by atoms with Crippen molar-refractivity contribution >= 4 is 12.0 Å². The number of aryl methyl sites for hydroxylation is 1. The highest BCUT2D eigenvalue weighted by molar-refractivity contribution is 5.75. The number of rotatable bonds is 5. The van der Waals surface area contributed by atoms with Crippen molar-refractivity contribution in [1.82, 2.24) is 9.80 Å². The van der Waals surface area contributed by atoms with Gasteiger partial charge in [0.1, 0.15) is 0 Å². The van der Waals surface area contributed by atoms with Crippen molar-refractivity contribution in [3.05, 3.63) is 35.4 Å². The van der Waals surface area contributed by atoms with Crippen molar-refractivity contribution in [3.8, 4) is 0 Å². The van der Waals surface area contributed by atoms with E-state index in [4.69, 9.17) is 5.11 Å². The van der Waals surface area contributed by atoms with Crippen LogP contribution in [-0.4, -0.2) is 47.5 Å². The minimum Gasteiger partial charge on any atom is -0.481 e. The number of carbonyl (C=O) groups is 2. The molecule has 1 aromatic rings. The fraction of sp³-hybridized carbons (Fsp3) is 0.429. The molecule has 0 saturated heterocycles. The quantitative estimate of drug-likeness (QED) is 0.884. The number of urea groups is 1. The molecule has 0 radical (unpaired) electrons. The SMILES string of the molecule is Cc1ccccc1CN(C)C(=O)N(C)CCC(=O)O. The summed E-state index contributed by atoms with van der Waals surface area (Å²) < 4.78 is 0. The van der Waals surface area contributed by atoms with Crippen LogP contribution in [0.2, 0.25) is 0 Å². The van der Waals surface area contributed by atoms with Gasteiger partial charge in [-0.05, 0) is 18.1 Å². The van der Waals surface area contributed by atoms with E-state index in [9.17, 15) is 9.59 Å². The van der Waals surface area contributed by atoms with E-state index in [1.54, 1.807) is 19.0 Å². The summed E-state index contributed by atoms with van der Waals surface area (Å²) in [7, 11) is 3.33. The number of nitrogens with zero attached hydrogens (tertiary/aromatic N) is 2. The Morgan fingerprint density at radius 3 is 2.37 bits per heavy atom. The number of benzene rings is 1. The number of hydrogen-bond donors (Lipinski definition) is 1.